The lowest BCUT2D eigenvalue weighted by atomic mass is 10.2. The maximum absolute atomic E-state index is 5.98. The van der Waals surface area contributed by atoms with E-state index in [1.165, 1.54) is 4.88 Å². The van der Waals surface area contributed by atoms with Crippen LogP contribution in [-0.2, 0) is 6.42 Å². The largest absolute Gasteiger partial charge is 0.486 e. The molecule has 0 saturated heterocycles. The molecule has 3 rings (SSSR count). The molecule has 0 aliphatic carbocycles. The summed E-state index contributed by atoms with van der Waals surface area (Å²) in [7, 11) is 2.07. The number of aliphatic imine (C=N–C) groups is 1. The summed E-state index contributed by atoms with van der Waals surface area (Å²) in [5.74, 6) is 2.51. The van der Waals surface area contributed by atoms with E-state index in [9.17, 15) is 0 Å². The fourth-order valence-corrected chi connectivity index (χ4v) is 3.35. The van der Waals surface area contributed by atoms with Gasteiger partial charge in [0.25, 0.3) is 0 Å². The third kappa shape index (κ3) is 5.77. The molecule has 0 fully saturated rings. The minimum atomic E-state index is -0.0609. The zero-order chi connectivity index (χ0) is 17.5. The van der Waals surface area contributed by atoms with Crippen molar-refractivity contribution in [2.45, 2.75) is 19.4 Å². The zero-order valence-corrected chi connectivity index (χ0v) is 18.3. The van der Waals surface area contributed by atoms with Crippen molar-refractivity contribution < 1.29 is 9.47 Å². The quantitative estimate of drug-likeness (QED) is 0.384. The first-order valence-corrected chi connectivity index (χ1v) is 9.54. The van der Waals surface area contributed by atoms with E-state index in [4.69, 9.17) is 14.5 Å². The number of ether oxygens (including phenoxy) is 2. The number of benzene rings is 1. The van der Waals surface area contributed by atoms with Crippen molar-refractivity contribution in [1.82, 2.24) is 10.2 Å². The van der Waals surface area contributed by atoms with E-state index in [1.54, 1.807) is 11.3 Å². The Kier molecular flexibility index (Phi) is 8.50. The standard InChI is InChI=1S/C19H25N3O2S.HI/c1-3-20-19(22(2)11-10-16-7-6-12-25-16)21-13-15-14-23-17-8-4-5-9-18(17)24-15;/h4-9,12,15H,3,10-11,13-14H2,1-2H3,(H,20,21);1H. The smallest absolute Gasteiger partial charge is 0.193 e. The van der Waals surface area contributed by atoms with Crippen LogP contribution in [0.4, 0.5) is 0 Å². The number of nitrogens with one attached hydrogen (secondary N) is 1. The molecule has 142 valence electrons. The second-order valence-electron chi connectivity index (χ2n) is 5.94. The Hall–Kier alpha value is -1.48. The van der Waals surface area contributed by atoms with Crippen LogP contribution in [0, 0.1) is 0 Å². The fraction of sp³-hybridized carbons (Fsp3) is 0.421. The number of para-hydroxylation sites is 2. The Morgan fingerprint density at radius 3 is 2.81 bits per heavy atom. The highest BCUT2D eigenvalue weighted by Gasteiger charge is 2.20. The van der Waals surface area contributed by atoms with Crippen LogP contribution < -0.4 is 14.8 Å². The number of hydrogen-bond donors (Lipinski definition) is 1. The summed E-state index contributed by atoms with van der Waals surface area (Å²) in [5, 5.41) is 5.47. The normalized spacial score (nSPS) is 15.9. The molecule has 2 aromatic rings. The van der Waals surface area contributed by atoms with E-state index in [1.807, 2.05) is 24.3 Å². The molecule has 26 heavy (non-hydrogen) atoms. The lowest BCUT2D eigenvalue weighted by Gasteiger charge is -2.26. The van der Waals surface area contributed by atoms with E-state index in [2.05, 4.69) is 41.7 Å². The Balaban J connectivity index is 0.00000243. The van der Waals surface area contributed by atoms with Crippen LogP contribution in [0.25, 0.3) is 0 Å². The number of hydrogen-bond acceptors (Lipinski definition) is 4. The number of likely N-dealkylation sites (N-methyl/N-ethyl adjacent to an activating group) is 1. The summed E-state index contributed by atoms with van der Waals surface area (Å²) in [6.07, 6.45) is 0.962. The van der Waals surface area contributed by atoms with Crippen LogP contribution in [0.15, 0.2) is 46.8 Å². The SMILES string of the molecule is CCNC(=NCC1COc2ccccc2O1)N(C)CCc1cccs1.I. The Labute approximate surface area is 176 Å². The van der Waals surface area contributed by atoms with Gasteiger partial charge >= 0.3 is 0 Å². The van der Waals surface area contributed by atoms with Gasteiger partial charge in [-0.25, -0.2) is 4.99 Å². The topological polar surface area (TPSA) is 46.1 Å². The molecule has 1 aromatic carbocycles. The minimum absolute atomic E-state index is 0. The molecule has 0 amide bonds. The number of guanidine groups is 1. The first-order valence-electron chi connectivity index (χ1n) is 8.66. The lowest BCUT2D eigenvalue weighted by Crippen LogP contribution is -2.41. The predicted octanol–water partition coefficient (Wildman–Crippen LogP) is 3.65. The van der Waals surface area contributed by atoms with Crippen LogP contribution >= 0.6 is 35.3 Å². The van der Waals surface area contributed by atoms with Crippen LogP contribution in [-0.4, -0.2) is 50.3 Å². The van der Waals surface area contributed by atoms with Crippen LogP contribution in [0.5, 0.6) is 11.5 Å². The molecule has 7 heteroatoms. The molecule has 1 aromatic heterocycles. The summed E-state index contributed by atoms with van der Waals surface area (Å²) < 4.78 is 11.7. The molecule has 2 heterocycles. The van der Waals surface area contributed by atoms with Crippen LogP contribution in [0.3, 0.4) is 0 Å². The van der Waals surface area contributed by atoms with Gasteiger partial charge in [0.2, 0.25) is 0 Å². The highest BCUT2D eigenvalue weighted by molar-refractivity contribution is 14.0. The van der Waals surface area contributed by atoms with Crippen molar-refractivity contribution in [1.29, 1.82) is 0 Å². The Bertz CT molecular complexity index is 694. The molecule has 0 radical (unpaired) electrons. The number of nitrogens with zero attached hydrogens (tertiary/aromatic N) is 2. The number of halogens is 1. The maximum Gasteiger partial charge on any atom is 0.193 e. The second kappa shape index (κ2) is 10.6. The third-order valence-electron chi connectivity index (χ3n) is 3.98. The van der Waals surface area contributed by atoms with Gasteiger partial charge in [-0.15, -0.1) is 35.3 Å². The molecule has 1 atom stereocenters. The number of thiophene rings is 1. The average Bonchev–Trinajstić information content (AvgIpc) is 3.16. The van der Waals surface area contributed by atoms with E-state index >= 15 is 0 Å². The van der Waals surface area contributed by atoms with Crippen molar-refractivity contribution in [2.75, 3.05) is 33.3 Å². The average molecular weight is 487 g/mol. The van der Waals surface area contributed by atoms with E-state index in [-0.39, 0.29) is 30.1 Å². The summed E-state index contributed by atoms with van der Waals surface area (Å²) in [6.45, 7) is 4.95. The highest BCUT2D eigenvalue weighted by Crippen LogP contribution is 2.30. The molecule has 1 N–H and O–H groups in total. The summed E-state index contributed by atoms with van der Waals surface area (Å²) in [5.41, 5.74) is 0. The van der Waals surface area contributed by atoms with Crippen molar-refractivity contribution in [3.63, 3.8) is 0 Å². The molecule has 1 aliphatic heterocycles. The van der Waals surface area contributed by atoms with Crippen molar-refractivity contribution in [3.05, 3.63) is 46.7 Å². The van der Waals surface area contributed by atoms with Gasteiger partial charge in [-0.05, 0) is 36.9 Å². The number of rotatable bonds is 6. The van der Waals surface area contributed by atoms with Gasteiger partial charge in [-0.1, -0.05) is 18.2 Å². The van der Waals surface area contributed by atoms with Gasteiger partial charge in [0.1, 0.15) is 6.61 Å². The van der Waals surface area contributed by atoms with Crippen molar-refractivity contribution in [2.24, 2.45) is 4.99 Å². The van der Waals surface area contributed by atoms with Crippen LogP contribution in [0.1, 0.15) is 11.8 Å². The molecule has 0 bridgehead atoms. The highest BCUT2D eigenvalue weighted by atomic mass is 127. The Morgan fingerprint density at radius 2 is 2.08 bits per heavy atom. The summed E-state index contributed by atoms with van der Waals surface area (Å²) >= 11 is 1.80. The van der Waals surface area contributed by atoms with Crippen LogP contribution in [0.2, 0.25) is 0 Å². The van der Waals surface area contributed by atoms with Gasteiger partial charge in [-0.2, -0.15) is 0 Å². The van der Waals surface area contributed by atoms with E-state index in [0.29, 0.717) is 13.2 Å². The molecule has 5 nitrogen and oxygen atoms in total. The van der Waals surface area contributed by atoms with E-state index < -0.39 is 0 Å². The van der Waals surface area contributed by atoms with Crippen molar-refractivity contribution in [3.8, 4) is 11.5 Å². The summed E-state index contributed by atoms with van der Waals surface area (Å²) in [6, 6.07) is 12.0. The molecule has 0 saturated carbocycles. The molecular weight excluding hydrogens is 461 g/mol. The molecule has 1 unspecified atom stereocenters. The predicted molar refractivity (Wildman–Crippen MR) is 118 cm³/mol. The van der Waals surface area contributed by atoms with Crippen molar-refractivity contribution >= 4 is 41.3 Å². The fourth-order valence-electron chi connectivity index (χ4n) is 2.65. The second-order valence-corrected chi connectivity index (χ2v) is 6.98. The van der Waals surface area contributed by atoms with Gasteiger partial charge in [0, 0.05) is 25.0 Å². The first-order chi connectivity index (χ1) is 12.3. The lowest BCUT2D eigenvalue weighted by molar-refractivity contribution is 0.0970. The monoisotopic (exact) mass is 487 g/mol. The van der Waals surface area contributed by atoms with Gasteiger partial charge < -0.3 is 19.7 Å². The zero-order valence-electron chi connectivity index (χ0n) is 15.2. The minimum Gasteiger partial charge on any atom is -0.486 e. The van der Waals surface area contributed by atoms with Gasteiger partial charge in [0.05, 0.1) is 6.54 Å². The maximum atomic E-state index is 5.98. The van der Waals surface area contributed by atoms with E-state index in [0.717, 1.165) is 37.0 Å². The van der Waals surface area contributed by atoms with Gasteiger partial charge in [0.15, 0.2) is 23.6 Å². The Morgan fingerprint density at radius 1 is 1.27 bits per heavy atom. The first kappa shape index (κ1) is 20.8. The molecule has 1 aliphatic rings. The van der Waals surface area contributed by atoms with Gasteiger partial charge in [-0.3, -0.25) is 0 Å². The summed E-state index contributed by atoms with van der Waals surface area (Å²) in [4.78, 5) is 8.30. The number of fused-ring (bicyclic) bond motifs is 1. The third-order valence-corrected chi connectivity index (χ3v) is 4.92. The molecule has 0 spiro atoms. The molecular formula is C19H26IN3O2S.